The third-order valence-corrected chi connectivity index (χ3v) is 7.17. The van der Waals surface area contributed by atoms with E-state index in [1.807, 2.05) is 26.1 Å². The van der Waals surface area contributed by atoms with Crippen molar-refractivity contribution >= 4 is 11.7 Å². The SMILES string of the molecule is CCOC(=O)CC1CN(c2ccc(-c3nnn(C)c3COc3nccc(C4CCC4)n3)nc2CC)CCO1. The number of pyridine rings is 1. The van der Waals surface area contributed by atoms with Crippen LogP contribution >= 0.6 is 0 Å². The molecule has 0 spiro atoms. The zero-order chi connectivity index (χ0) is 26.5. The largest absolute Gasteiger partial charge is 0.466 e. The molecule has 1 aliphatic heterocycles. The maximum absolute atomic E-state index is 12.0. The number of carbonyl (C=O) groups is 1. The van der Waals surface area contributed by atoms with E-state index in [-0.39, 0.29) is 25.1 Å². The summed E-state index contributed by atoms with van der Waals surface area (Å²) in [5.74, 6) is 0.275. The number of aromatic nitrogens is 6. The molecule has 2 fully saturated rings. The molecule has 0 aromatic carbocycles. The fourth-order valence-corrected chi connectivity index (χ4v) is 4.87. The van der Waals surface area contributed by atoms with Crippen molar-refractivity contribution in [1.82, 2.24) is 29.9 Å². The highest BCUT2D eigenvalue weighted by molar-refractivity contribution is 5.70. The number of morpholine rings is 1. The topological polar surface area (TPSA) is 117 Å². The molecule has 0 amide bonds. The van der Waals surface area contributed by atoms with E-state index in [1.165, 1.54) is 19.3 Å². The fourth-order valence-electron chi connectivity index (χ4n) is 4.87. The molecular weight excluding hydrogens is 486 g/mol. The summed E-state index contributed by atoms with van der Waals surface area (Å²) in [6.45, 7) is 6.38. The summed E-state index contributed by atoms with van der Waals surface area (Å²) in [5, 5.41) is 8.62. The number of carbonyl (C=O) groups excluding carboxylic acids is 1. The second-order valence-electron chi connectivity index (χ2n) is 9.65. The maximum atomic E-state index is 12.0. The van der Waals surface area contributed by atoms with Crippen LogP contribution < -0.4 is 9.64 Å². The van der Waals surface area contributed by atoms with Gasteiger partial charge in [-0.2, -0.15) is 4.98 Å². The Morgan fingerprint density at radius 2 is 2.05 bits per heavy atom. The van der Waals surface area contributed by atoms with Gasteiger partial charge < -0.3 is 19.1 Å². The van der Waals surface area contributed by atoms with Gasteiger partial charge in [-0.05, 0) is 44.4 Å². The van der Waals surface area contributed by atoms with Crippen molar-refractivity contribution in [3.05, 3.63) is 41.5 Å². The van der Waals surface area contributed by atoms with E-state index in [9.17, 15) is 4.79 Å². The van der Waals surface area contributed by atoms with E-state index in [1.54, 1.807) is 10.9 Å². The van der Waals surface area contributed by atoms with Crippen molar-refractivity contribution in [2.24, 2.45) is 7.05 Å². The van der Waals surface area contributed by atoms with Crippen LogP contribution in [0.4, 0.5) is 5.69 Å². The van der Waals surface area contributed by atoms with E-state index in [2.05, 4.69) is 38.2 Å². The molecule has 11 heteroatoms. The van der Waals surface area contributed by atoms with E-state index < -0.39 is 0 Å². The lowest BCUT2D eigenvalue weighted by Gasteiger charge is -2.35. The second kappa shape index (κ2) is 11.8. The Hall–Kier alpha value is -3.60. The van der Waals surface area contributed by atoms with Crippen molar-refractivity contribution in [3.8, 4) is 17.4 Å². The molecule has 11 nitrogen and oxygen atoms in total. The third-order valence-electron chi connectivity index (χ3n) is 7.17. The summed E-state index contributed by atoms with van der Waals surface area (Å²) in [5.41, 5.74) is 5.24. The van der Waals surface area contributed by atoms with Crippen LogP contribution in [0, 0.1) is 0 Å². The minimum atomic E-state index is -0.235. The summed E-state index contributed by atoms with van der Waals surface area (Å²) < 4.78 is 18.6. The standard InChI is InChI=1S/C27H35N7O4/c1-4-20-23(34-13-14-37-19(16-34)15-25(35)36-5-2)10-9-22(29-20)26-24(33(3)32-31-26)17-38-27-28-12-11-21(30-27)18-7-6-8-18/h9-12,18-19H,4-8,13-17H2,1-3H3. The molecule has 1 unspecified atom stereocenters. The molecule has 202 valence electrons. The van der Waals surface area contributed by atoms with Crippen molar-refractivity contribution < 1.29 is 19.0 Å². The van der Waals surface area contributed by atoms with Crippen LogP contribution in [-0.2, 0) is 34.3 Å². The van der Waals surface area contributed by atoms with E-state index >= 15 is 0 Å². The molecule has 1 saturated carbocycles. The first-order chi connectivity index (χ1) is 18.6. The average Bonchev–Trinajstić information content (AvgIpc) is 3.26. The molecule has 0 radical (unpaired) electrons. The van der Waals surface area contributed by atoms with Gasteiger partial charge in [0.25, 0.3) is 0 Å². The molecule has 5 rings (SSSR count). The molecule has 3 aromatic heterocycles. The number of hydrogen-bond donors (Lipinski definition) is 0. The Kier molecular flexibility index (Phi) is 8.11. The number of hydrogen-bond acceptors (Lipinski definition) is 10. The number of ether oxygens (including phenoxy) is 3. The molecule has 0 N–H and O–H groups in total. The van der Waals surface area contributed by atoms with E-state index in [0.717, 1.165) is 41.4 Å². The quantitative estimate of drug-likeness (QED) is 0.368. The van der Waals surface area contributed by atoms with Gasteiger partial charge >= 0.3 is 12.0 Å². The van der Waals surface area contributed by atoms with Gasteiger partial charge in [0.2, 0.25) is 0 Å². The lowest BCUT2D eigenvalue weighted by Crippen LogP contribution is -2.44. The fraction of sp³-hybridized carbons (Fsp3) is 0.556. The lowest BCUT2D eigenvalue weighted by molar-refractivity contribution is -0.146. The van der Waals surface area contributed by atoms with Crippen LogP contribution in [0.3, 0.4) is 0 Å². The second-order valence-corrected chi connectivity index (χ2v) is 9.65. The summed E-state index contributed by atoms with van der Waals surface area (Å²) in [6, 6.07) is 6.37. The highest BCUT2D eigenvalue weighted by Crippen LogP contribution is 2.35. The van der Waals surface area contributed by atoms with Gasteiger partial charge in [-0.3, -0.25) is 4.79 Å². The number of anilines is 1. The molecule has 1 aliphatic carbocycles. The Balaban J connectivity index is 1.31. The van der Waals surface area contributed by atoms with Gasteiger partial charge in [0.1, 0.15) is 18.0 Å². The van der Waals surface area contributed by atoms with Gasteiger partial charge in [0.15, 0.2) is 0 Å². The Morgan fingerprint density at radius 3 is 2.82 bits per heavy atom. The summed E-state index contributed by atoms with van der Waals surface area (Å²) in [7, 11) is 1.84. The van der Waals surface area contributed by atoms with Crippen molar-refractivity contribution in [3.63, 3.8) is 0 Å². The van der Waals surface area contributed by atoms with Gasteiger partial charge in [-0.25, -0.2) is 14.6 Å². The first-order valence-corrected chi connectivity index (χ1v) is 13.4. The zero-order valence-electron chi connectivity index (χ0n) is 22.3. The van der Waals surface area contributed by atoms with Crippen LogP contribution in [0.2, 0.25) is 0 Å². The molecule has 1 atom stereocenters. The summed E-state index contributed by atoms with van der Waals surface area (Å²) in [4.78, 5) is 28.0. The lowest BCUT2D eigenvalue weighted by atomic mass is 9.83. The van der Waals surface area contributed by atoms with Crippen LogP contribution in [0.5, 0.6) is 6.01 Å². The van der Waals surface area contributed by atoms with Crippen LogP contribution in [0.1, 0.15) is 62.5 Å². The van der Waals surface area contributed by atoms with Crippen molar-refractivity contribution in [2.75, 3.05) is 31.2 Å². The Bertz CT molecular complexity index is 1260. The molecule has 38 heavy (non-hydrogen) atoms. The highest BCUT2D eigenvalue weighted by atomic mass is 16.5. The first-order valence-electron chi connectivity index (χ1n) is 13.4. The minimum Gasteiger partial charge on any atom is -0.466 e. The Labute approximate surface area is 222 Å². The first kappa shape index (κ1) is 26.0. The van der Waals surface area contributed by atoms with Gasteiger partial charge in [0, 0.05) is 32.3 Å². The van der Waals surface area contributed by atoms with Crippen molar-refractivity contribution in [1.29, 1.82) is 0 Å². The number of nitrogens with zero attached hydrogens (tertiary/aromatic N) is 7. The monoisotopic (exact) mass is 521 g/mol. The van der Waals surface area contributed by atoms with Crippen molar-refractivity contribution in [2.45, 2.75) is 64.6 Å². The zero-order valence-corrected chi connectivity index (χ0v) is 22.3. The van der Waals surface area contributed by atoms with Gasteiger partial charge in [0.05, 0.1) is 48.5 Å². The van der Waals surface area contributed by atoms with Crippen LogP contribution in [0.15, 0.2) is 24.4 Å². The number of rotatable bonds is 10. The van der Waals surface area contributed by atoms with Crippen LogP contribution in [0.25, 0.3) is 11.4 Å². The third kappa shape index (κ3) is 5.77. The Morgan fingerprint density at radius 1 is 1.18 bits per heavy atom. The maximum Gasteiger partial charge on any atom is 0.316 e. The van der Waals surface area contributed by atoms with Gasteiger partial charge in [-0.1, -0.05) is 18.6 Å². The molecule has 3 aromatic rings. The highest BCUT2D eigenvalue weighted by Gasteiger charge is 2.26. The predicted octanol–water partition coefficient (Wildman–Crippen LogP) is 3.23. The molecule has 1 saturated heterocycles. The summed E-state index contributed by atoms with van der Waals surface area (Å²) >= 11 is 0. The molecule has 4 heterocycles. The average molecular weight is 522 g/mol. The van der Waals surface area contributed by atoms with E-state index in [4.69, 9.17) is 19.2 Å². The summed E-state index contributed by atoms with van der Waals surface area (Å²) in [6.07, 6.45) is 6.13. The smallest absolute Gasteiger partial charge is 0.316 e. The number of aryl methyl sites for hydroxylation is 2. The molecule has 0 bridgehead atoms. The molecular formula is C27H35N7O4. The van der Waals surface area contributed by atoms with E-state index in [0.29, 0.717) is 37.4 Å². The predicted molar refractivity (Wildman–Crippen MR) is 140 cm³/mol. The molecule has 2 aliphatic rings. The normalized spacial score (nSPS) is 17.8. The number of esters is 1. The minimum absolute atomic E-state index is 0.207. The van der Waals surface area contributed by atoms with Gasteiger partial charge in [-0.15, -0.1) is 5.10 Å². The van der Waals surface area contributed by atoms with Crippen LogP contribution in [-0.4, -0.2) is 68.3 Å².